The van der Waals surface area contributed by atoms with Crippen LogP contribution in [0.1, 0.15) is 39.5 Å². The van der Waals surface area contributed by atoms with Gasteiger partial charge in [0.15, 0.2) is 6.10 Å². The average Bonchev–Trinajstić information content (AvgIpc) is 2.48. The monoisotopic (exact) mass is 317 g/mol. The second-order valence-electron chi connectivity index (χ2n) is 6.75. The number of benzene rings is 1. The van der Waals surface area contributed by atoms with E-state index in [-0.39, 0.29) is 17.7 Å². The van der Waals surface area contributed by atoms with Crippen LogP contribution in [0, 0.1) is 5.92 Å². The first-order chi connectivity index (χ1) is 10.9. The lowest BCUT2D eigenvalue weighted by Gasteiger charge is -2.37. The fraction of sp³-hybridized carbons (Fsp3) is 0.529. The summed E-state index contributed by atoms with van der Waals surface area (Å²) in [5.41, 5.74) is 7.02. The van der Waals surface area contributed by atoms with Gasteiger partial charge >= 0.3 is 0 Å². The Kier molecular flexibility index (Phi) is 4.02. The maximum atomic E-state index is 12.6. The van der Waals surface area contributed by atoms with Gasteiger partial charge in [0.1, 0.15) is 5.75 Å². The number of carbonyl (C=O) groups is 2. The molecule has 0 spiro atoms. The van der Waals surface area contributed by atoms with Crippen LogP contribution in [0.3, 0.4) is 0 Å². The maximum absolute atomic E-state index is 12.6. The highest BCUT2D eigenvalue weighted by Crippen LogP contribution is 2.35. The third kappa shape index (κ3) is 3.17. The first kappa shape index (κ1) is 15.8. The second kappa shape index (κ2) is 5.85. The van der Waals surface area contributed by atoms with Crippen molar-refractivity contribution in [3.05, 3.63) is 18.2 Å². The number of nitrogens with two attached hydrogens (primary N) is 1. The number of ether oxygens (including phenoxy) is 1. The molecule has 0 saturated heterocycles. The number of nitrogens with one attached hydrogen (secondary N) is 2. The molecule has 1 aliphatic heterocycles. The van der Waals surface area contributed by atoms with Crippen molar-refractivity contribution in [3.8, 4) is 5.75 Å². The summed E-state index contributed by atoms with van der Waals surface area (Å²) in [5.74, 6) is 0.156. The van der Waals surface area contributed by atoms with Gasteiger partial charge in [-0.15, -0.1) is 0 Å². The van der Waals surface area contributed by atoms with Crippen LogP contribution in [0.15, 0.2) is 18.2 Å². The highest BCUT2D eigenvalue weighted by atomic mass is 16.5. The van der Waals surface area contributed by atoms with E-state index < -0.39 is 11.6 Å². The molecule has 1 saturated carbocycles. The molecule has 1 aromatic rings. The van der Waals surface area contributed by atoms with Crippen molar-refractivity contribution in [2.45, 2.75) is 51.2 Å². The minimum Gasteiger partial charge on any atom is -0.479 e. The number of hydrogen-bond acceptors (Lipinski definition) is 4. The van der Waals surface area contributed by atoms with Crippen LogP contribution in [-0.4, -0.2) is 23.5 Å². The lowest BCUT2D eigenvalue weighted by atomic mass is 9.74. The van der Waals surface area contributed by atoms with Crippen molar-refractivity contribution in [3.63, 3.8) is 0 Å². The molecule has 23 heavy (non-hydrogen) atoms. The van der Waals surface area contributed by atoms with Crippen molar-refractivity contribution in [1.29, 1.82) is 0 Å². The molecule has 1 aromatic carbocycles. The van der Waals surface area contributed by atoms with Crippen molar-refractivity contribution in [2.24, 2.45) is 11.7 Å². The smallest absolute Gasteiger partial charge is 0.265 e. The van der Waals surface area contributed by atoms with Crippen LogP contribution >= 0.6 is 0 Å². The molecule has 1 aliphatic carbocycles. The molecule has 0 radical (unpaired) electrons. The number of fused-ring (bicyclic) bond motifs is 1. The van der Waals surface area contributed by atoms with Gasteiger partial charge in [0.05, 0.1) is 11.6 Å². The van der Waals surface area contributed by atoms with Crippen LogP contribution in [0.5, 0.6) is 5.75 Å². The standard InChI is InChI=1S/C17H23N3O3/c1-10-15(21)20-13-9-11(6-7-14(13)23-10)19-16(22)12-5-3-4-8-17(12,2)18/h6-7,9-10,12H,3-5,8,18H2,1-2H3,(H,19,22)(H,20,21). The molecule has 6 heteroatoms. The molecule has 1 fully saturated rings. The van der Waals surface area contributed by atoms with Crippen molar-refractivity contribution in [1.82, 2.24) is 0 Å². The van der Waals surface area contributed by atoms with Crippen LogP contribution in [0.25, 0.3) is 0 Å². The molecule has 6 nitrogen and oxygen atoms in total. The zero-order chi connectivity index (χ0) is 16.6. The van der Waals surface area contributed by atoms with E-state index in [0.717, 1.165) is 25.7 Å². The summed E-state index contributed by atoms with van der Waals surface area (Å²) in [6, 6.07) is 5.24. The Bertz CT molecular complexity index is 642. The molecular weight excluding hydrogens is 294 g/mol. The predicted octanol–water partition coefficient (Wildman–Crippen LogP) is 2.25. The molecule has 0 aromatic heterocycles. The van der Waals surface area contributed by atoms with E-state index >= 15 is 0 Å². The largest absolute Gasteiger partial charge is 0.479 e. The van der Waals surface area contributed by atoms with Crippen LogP contribution in [-0.2, 0) is 9.59 Å². The van der Waals surface area contributed by atoms with Gasteiger partial charge in [0.25, 0.3) is 5.91 Å². The highest BCUT2D eigenvalue weighted by Gasteiger charge is 2.37. The van der Waals surface area contributed by atoms with E-state index in [2.05, 4.69) is 10.6 Å². The number of carbonyl (C=O) groups excluding carboxylic acids is 2. The Morgan fingerprint density at radius 1 is 1.43 bits per heavy atom. The normalized spacial score (nSPS) is 30.0. The average molecular weight is 317 g/mol. The summed E-state index contributed by atoms with van der Waals surface area (Å²) in [4.78, 5) is 24.2. The number of hydrogen-bond donors (Lipinski definition) is 3. The first-order valence-corrected chi connectivity index (χ1v) is 8.08. The maximum Gasteiger partial charge on any atom is 0.265 e. The van der Waals surface area contributed by atoms with Gasteiger partial charge in [0.2, 0.25) is 5.91 Å². The van der Waals surface area contributed by atoms with Gasteiger partial charge in [-0.1, -0.05) is 12.8 Å². The Hall–Kier alpha value is -2.08. The Labute approximate surface area is 135 Å². The van der Waals surface area contributed by atoms with Gasteiger partial charge < -0.3 is 21.1 Å². The van der Waals surface area contributed by atoms with E-state index in [1.165, 1.54) is 0 Å². The molecule has 3 atom stereocenters. The summed E-state index contributed by atoms with van der Waals surface area (Å²) >= 11 is 0. The minimum atomic E-state index is -0.511. The Morgan fingerprint density at radius 2 is 2.22 bits per heavy atom. The minimum absolute atomic E-state index is 0.0638. The highest BCUT2D eigenvalue weighted by molar-refractivity contribution is 5.99. The van der Waals surface area contributed by atoms with Gasteiger partial charge in [-0.25, -0.2) is 0 Å². The van der Waals surface area contributed by atoms with Crippen LogP contribution < -0.4 is 21.1 Å². The molecule has 0 bridgehead atoms. The van der Waals surface area contributed by atoms with Gasteiger partial charge in [-0.2, -0.15) is 0 Å². The topological polar surface area (TPSA) is 93.4 Å². The van der Waals surface area contributed by atoms with E-state index in [4.69, 9.17) is 10.5 Å². The van der Waals surface area contributed by atoms with Gasteiger partial charge in [-0.05, 0) is 44.9 Å². The SMILES string of the molecule is CC1Oc2ccc(NC(=O)C3CCCCC3(C)N)cc2NC1=O. The van der Waals surface area contributed by atoms with E-state index in [1.807, 2.05) is 6.92 Å². The summed E-state index contributed by atoms with van der Waals surface area (Å²) in [6.07, 6.45) is 3.25. The fourth-order valence-corrected chi connectivity index (χ4v) is 3.30. The zero-order valence-electron chi connectivity index (χ0n) is 13.5. The summed E-state index contributed by atoms with van der Waals surface area (Å²) in [6.45, 7) is 3.64. The molecule has 2 aliphatic rings. The molecule has 3 rings (SSSR count). The van der Waals surface area contributed by atoms with E-state index in [0.29, 0.717) is 17.1 Å². The molecule has 4 N–H and O–H groups in total. The van der Waals surface area contributed by atoms with E-state index in [1.54, 1.807) is 25.1 Å². The van der Waals surface area contributed by atoms with Crippen LogP contribution in [0.2, 0.25) is 0 Å². The third-order valence-electron chi connectivity index (χ3n) is 4.75. The summed E-state index contributed by atoms with van der Waals surface area (Å²) in [5, 5.41) is 5.70. The molecule has 1 heterocycles. The quantitative estimate of drug-likeness (QED) is 0.780. The number of amides is 2. The van der Waals surface area contributed by atoms with E-state index in [9.17, 15) is 9.59 Å². The lowest BCUT2D eigenvalue weighted by molar-refractivity contribution is -0.123. The van der Waals surface area contributed by atoms with Gasteiger partial charge in [-0.3, -0.25) is 9.59 Å². The third-order valence-corrected chi connectivity index (χ3v) is 4.75. The lowest BCUT2D eigenvalue weighted by Crippen LogP contribution is -2.51. The summed E-state index contributed by atoms with van der Waals surface area (Å²) < 4.78 is 5.51. The van der Waals surface area contributed by atoms with Crippen molar-refractivity contribution in [2.75, 3.05) is 10.6 Å². The zero-order valence-corrected chi connectivity index (χ0v) is 13.5. The summed E-state index contributed by atoms with van der Waals surface area (Å²) in [7, 11) is 0. The Morgan fingerprint density at radius 3 is 2.96 bits per heavy atom. The van der Waals surface area contributed by atoms with Crippen molar-refractivity contribution >= 4 is 23.2 Å². The van der Waals surface area contributed by atoms with Crippen LogP contribution in [0.4, 0.5) is 11.4 Å². The molecule has 2 amide bonds. The molecular formula is C17H23N3O3. The fourth-order valence-electron chi connectivity index (χ4n) is 3.30. The molecule has 3 unspecified atom stereocenters. The first-order valence-electron chi connectivity index (χ1n) is 8.08. The number of rotatable bonds is 2. The van der Waals surface area contributed by atoms with Crippen molar-refractivity contribution < 1.29 is 14.3 Å². The molecule has 124 valence electrons. The predicted molar refractivity (Wildman–Crippen MR) is 88.3 cm³/mol. The number of anilines is 2. The Balaban J connectivity index is 1.75. The van der Waals surface area contributed by atoms with Gasteiger partial charge in [0, 0.05) is 11.2 Å². The second-order valence-corrected chi connectivity index (χ2v) is 6.75.